The van der Waals surface area contributed by atoms with Gasteiger partial charge in [-0.2, -0.15) is 0 Å². The number of piperidine rings is 1. The largest absolute Gasteiger partial charge is 0.383 e. The highest BCUT2D eigenvalue weighted by Gasteiger charge is 2.17. The second-order valence-corrected chi connectivity index (χ2v) is 6.10. The second kappa shape index (κ2) is 7.04. The third kappa shape index (κ3) is 3.93. The van der Waals surface area contributed by atoms with E-state index in [9.17, 15) is 10.1 Å². The van der Waals surface area contributed by atoms with Crippen molar-refractivity contribution in [1.82, 2.24) is 4.90 Å². The Bertz CT molecular complexity index is 475. The van der Waals surface area contributed by atoms with Crippen molar-refractivity contribution in [3.63, 3.8) is 0 Å². The summed E-state index contributed by atoms with van der Waals surface area (Å²) in [5, 5.41) is 14.1. The van der Waals surface area contributed by atoms with E-state index in [1.807, 2.05) is 0 Å². The first kappa shape index (κ1) is 15.3. The van der Waals surface area contributed by atoms with Crippen LogP contribution in [0.25, 0.3) is 0 Å². The Morgan fingerprint density at radius 2 is 2.10 bits per heavy atom. The first-order valence-corrected chi connectivity index (χ1v) is 7.79. The number of nitrogens with zero attached hydrogens (tertiary/aromatic N) is 2. The van der Waals surface area contributed by atoms with Crippen LogP contribution >= 0.6 is 15.9 Å². The van der Waals surface area contributed by atoms with Crippen LogP contribution in [0.1, 0.15) is 26.2 Å². The molecule has 0 amide bonds. The first-order valence-electron chi connectivity index (χ1n) is 7.00. The van der Waals surface area contributed by atoms with E-state index in [1.54, 1.807) is 6.07 Å². The van der Waals surface area contributed by atoms with Crippen LogP contribution in [0.2, 0.25) is 0 Å². The van der Waals surface area contributed by atoms with Crippen molar-refractivity contribution in [1.29, 1.82) is 0 Å². The number of likely N-dealkylation sites (tertiary alicyclic amines) is 1. The Kier molecular flexibility index (Phi) is 5.37. The highest BCUT2D eigenvalue weighted by molar-refractivity contribution is 9.10. The van der Waals surface area contributed by atoms with Gasteiger partial charge in [-0.3, -0.25) is 15.0 Å². The molecule has 1 aliphatic heterocycles. The quantitative estimate of drug-likeness (QED) is 0.656. The number of benzene rings is 1. The summed E-state index contributed by atoms with van der Waals surface area (Å²) in [6, 6.07) is 5.29. The lowest BCUT2D eigenvalue weighted by Crippen LogP contribution is -2.41. The van der Waals surface area contributed by atoms with Crippen LogP contribution < -0.4 is 5.32 Å². The molecule has 0 aliphatic carbocycles. The predicted octanol–water partition coefficient (Wildman–Crippen LogP) is 3.64. The maximum atomic E-state index is 10.7. The van der Waals surface area contributed by atoms with Gasteiger partial charge in [-0.05, 0) is 54.9 Å². The van der Waals surface area contributed by atoms with Crippen molar-refractivity contribution < 1.29 is 4.92 Å². The second-order valence-electron chi connectivity index (χ2n) is 5.25. The van der Waals surface area contributed by atoms with Gasteiger partial charge < -0.3 is 5.32 Å². The van der Waals surface area contributed by atoms with E-state index >= 15 is 0 Å². The molecule has 0 aromatic heterocycles. The van der Waals surface area contributed by atoms with Crippen molar-refractivity contribution in [2.24, 2.45) is 0 Å². The van der Waals surface area contributed by atoms with Gasteiger partial charge in [-0.25, -0.2) is 0 Å². The summed E-state index contributed by atoms with van der Waals surface area (Å²) < 4.78 is 0.734. The summed E-state index contributed by atoms with van der Waals surface area (Å²) in [4.78, 5) is 12.8. The van der Waals surface area contributed by atoms with Crippen molar-refractivity contribution in [2.75, 3.05) is 25.0 Å². The maximum Gasteiger partial charge on any atom is 0.270 e. The van der Waals surface area contributed by atoms with E-state index in [-0.39, 0.29) is 10.6 Å². The minimum absolute atomic E-state index is 0.103. The lowest BCUT2D eigenvalue weighted by Gasteiger charge is -2.32. The van der Waals surface area contributed by atoms with Crippen molar-refractivity contribution in [2.45, 2.75) is 32.2 Å². The third-order valence-electron chi connectivity index (χ3n) is 3.77. The fourth-order valence-corrected chi connectivity index (χ4v) is 3.01. The number of hydrogen-bond acceptors (Lipinski definition) is 4. The molecule has 6 heteroatoms. The van der Waals surface area contributed by atoms with E-state index < -0.39 is 0 Å². The number of nitro benzene ring substituents is 1. The summed E-state index contributed by atoms with van der Waals surface area (Å²) in [6.45, 7) is 5.41. The normalized spacial score (nSPS) is 17.7. The van der Waals surface area contributed by atoms with E-state index in [4.69, 9.17) is 0 Å². The molecule has 0 saturated carbocycles. The maximum absolute atomic E-state index is 10.7. The topological polar surface area (TPSA) is 58.4 Å². The number of non-ortho nitro benzene ring substituents is 1. The van der Waals surface area contributed by atoms with Crippen molar-refractivity contribution in [3.05, 3.63) is 32.8 Å². The average Bonchev–Trinajstić information content (AvgIpc) is 2.46. The Balaban J connectivity index is 1.91. The molecule has 5 nitrogen and oxygen atoms in total. The molecule has 1 aromatic carbocycles. The summed E-state index contributed by atoms with van der Waals surface area (Å²) >= 11 is 3.38. The van der Waals surface area contributed by atoms with Crippen molar-refractivity contribution in [3.8, 4) is 0 Å². The molecule has 0 spiro atoms. The highest BCUT2D eigenvalue weighted by Crippen LogP contribution is 2.27. The zero-order valence-corrected chi connectivity index (χ0v) is 13.2. The van der Waals surface area contributed by atoms with Gasteiger partial charge in [0.25, 0.3) is 5.69 Å². The van der Waals surface area contributed by atoms with Crippen molar-refractivity contribution >= 4 is 27.3 Å². The standard InChI is InChI=1S/C14H20BrN3O2/c1-11(17-7-3-2-4-8-17)10-16-14-6-5-12(18(19)20)9-13(14)15/h5-6,9,11,16H,2-4,7-8,10H2,1H3. The van der Waals surface area contributed by atoms with Gasteiger partial charge in [0.15, 0.2) is 0 Å². The monoisotopic (exact) mass is 341 g/mol. The molecule has 1 unspecified atom stereocenters. The minimum atomic E-state index is -0.384. The molecule has 2 rings (SSSR count). The summed E-state index contributed by atoms with van der Waals surface area (Å²) in [7, 11) is 0. The fraction of sp³-hybridized carbons (Fsp3) is 0.571. The van der Waals surface area contributed by atoms with E-state index in [0.717, 1.165) is 16.7 Å². The third-order valence-corrected chi connectivity index (χ3v) is 4.42. The van der Waals surface area contributed by atoms with Crippen LogP contribution in [0.15, 0.2) is 22.7 Å². The minimum Gasteiger partial charge on any atom is -0.383 e. The van der Waals surface area contributed by atoms with Crippen LogP contribution in [-0.2, 0) is 0 Å². The first-order chi connectivity index (χ1) is 9.58. The highest BCUT2D eigenvalue weighted by atomic mass is 79.9. The Labute approximate surface area is 127 Å². The molecular formula is C14H20BrN3O2. The SMILES string of the molecule is CC(CNc1ccc([N+](=O)[O-])cc1Br)N1CCCCC1. The molecule has 1 aliphatic rings. The van der Waals surface area contributed by atoms with Gasteiger partial charge in [0.1, 0.15) is 0 Å². The summed E-state index contributed by atoms with van der Waals surface area (Å²) in [5.74, 6) is 0. The molecule has 1 atom stereocenters. The number of hydrogen-bond donors (Lipinski definition) is 1. The lowest BCUT2D eigenvalue weighted by atomic mass is 10.1. The molecule has 110 valence electrons. The Hall–Kier alpha value is -1.14. The number of nitrogens with one attached hydrogen (secondary N) is 1. The van der Waals surface area contributed by atoms with Crippen LogP contribution in [0.5, 0.6) is 0 Å². The zero-order chi connectivity index (χ0) is 14.5. The van der Waals surface area contributed by atoms with Gasteiger partial charge >= 0.3 is 0 Å². The smallest absolute Gasteiger partial charge is 0.270 e. The van der Waals surface area contributed by atoms with Crippen LogP contribution in [0, 0.1) is 10.1 Å². The van der Waals surface area contributed by atoms with Crippen LogP contribution in [0.4, 0.5) is 11.4 Å². The molecule has 1 heterocycles. The molecule has 1 saturated heterocycles. The molecular weight excluding hydrogens is 322 g/mol. The molecule has 1 aromatic rings. The molecule has 0 bridgehead atoms. The van der Waals surface area contributed by atoms with E-state index in [1.165, 1.54) is 44.5 Å². The molecule has 0 radical (unpaired) electrons. The Morgan fingerprint density at radius 3 is 2.70 bits per heavy atom. The zero-order valence-electron chi connectivity index (χ0n) is 11.6. The van der Waals surface area contributed by atoms with Gasteiger partial charge in [-0.1, -0.05) is 6.42 Å². The number of anilines is 1. The molecule has 1 N–H and O–H groups in total. The van der Waals surface area contributed by atoms with Crippen LogP contribution in [-0.4, -0.2) is 35.5 Å². The lowest BCUT2D eigenvalue weighted by molar-refractivity contribution is -0.384. The van der Waals surface area contributed by atoms with Gasteiger partial charge in [-0.15, -0.1) is 0 Å². The number of halogens is 1. The molecule has 20 heavy (non-hydrogen) atoms. The van der Waals surface area contributed by atoms with E-state index in [0.29, 0.717) is 6.04 Å². The Morgan fingerprint density at radius 1 is 1.40 bits per heavy atom. The molecule has 1 fully saturated rings. The van der Waals surface area contributed by atoms with Gasteiger partial charge in [0, 0.05) is 34.9 Å². The summed E-state index contributed by atoms with van der Waals surface area (Å²) in [5.41, 5.74) is 1.01. The predicted molar refractivity (Wildman–Crippen MR) is 84.2 cm³/mol. The number of rotatable bonds is 5. The van der Waals surface area contributed by atoms with Gasteiger partial charge in [0.05, 0.1) is 4.92 Å². The van der Waals surface area contributed by atoms with Crippen LogP contribution in [0.3, 0.4) is 0 Å². The van der Waals surface area contributed by atoms with Gasteiger partial charge in [0.2, 0.25) is 0 Å². The fourth-order valence-electron chi connectivity index (χ4n) is 2.51. The average molecular weight is 342 g/mol. The number of nitro groups is 1. The summed E-state index contributed by atoms with van der Waals surface area (Å²) in [6.07, 6.45) is 3.90. The van der Waals surface area contributed by atoms with E-state index in [2.05, 4.69) is 33.1 Å².